The number of aromatic amines is 2. The molecule has 2 rings (SSSR count). The van der Waals surface area contributed by atoms with Crippen LogP contribution in [0.4, 0.5) is 0 Å². The lowest BCUT2D eigenvalue weighted by Crippen LogP contribution is -1.89. The lowest BCUT2D eigenvalue weighted by Gasteiger charge is -1.82. The fourth-order valence-electron chi connectivity index (χ4n) is 1.09. The summed E-state index contributed by atoms with van der Waals surface area (Å²) >= 11 is 0. The smallest absolute Gasteiger partial charge is 0.348 e. The Labute approximate surface area is 123 Å². The van der Waals surface area contributed by atoms with Crippen LogP contribution in [-0.4, -0.2) is 37.5 Å². The number of nitrogens with zero attached hydrogens (tertiary/aromatic N) is 2. The molecule has 0 aliphatic carbocycles. The lowest BCUT2D eigenvalue weighted by molar-refractivity contribution is 0.381. The molecule has 9 heteroatoms. The Hall–Kier alpha value is -2.23. The zero-order valence-corrected chi connectivity index (χ0v) is 12.1. The monoisotopic (exact) mass is 314 g/mol. The topological polar surface area (TPSA) is 132 Å². The Morgan fingerprint density at radius 2 is 1.33 bits per heavy atom. The van der Waals surface area contributed by atoms with E-state index in [-0.39, 0.29) is 0 Å². The molecule has 0 aliphatic heterocycles. The van der Waals surface area contributed by atoms with Gasteiger partial charge in [0.1, 0.15) is 11.6 Å². The highest BCUT2D eigenvalue weighted by atomic mass is 32.3. The van der Waals surface area contributed by atoms with Crippen LogP contribution in [0.5, 0.6) is 0 Å². The molecule has 0 saturated heterocycles. The minimum atomic E-state index is -4.67. The fraction of sp³-hybridized carbons (Fsp3) is 0.167. The number of aromatic nitrogens is 4. The molecule has 0 spiro atoms. The van der Waals surface area contributed by atoms with Crippen molar-refractivity contribution >= 4 is 10.4 Å². The van der Waals surface area contributed by atoms with Crippen LogP contribution in [-0.2, 0) is 23.2 Å². The second kappa shape index (κ2) is 10.5. The van der Waals surface area contributed by atoms with Crippen LogP contribution < -0.4 is 0 Å². The molecule has 116 valence electrons. The average molecular weight is 314 g/mol. The first kappa shape index (κ1) is 18.8. The Bertz CT molecular complexity index is 543. The number of nitrogens with one attached hydrogen (secondary N) is 2. The van der Waals surface area contributed by atoms with Gasteiger partial charge < -0.3 is 9.97 Å². The maximum Gasteiger partial charge on any atom is 0.394 e. The molecule has 0 fully saturated rings. The number of hydrogen-bond acceptors (Lipinski definition) is 4. The van der Waals surface area contributed by atoms with Gasteiger partial charge in [0.2, 0.25) is 0 Å². The van der Waals surface area contributed by atoms with E-state index in [1.807, 2.05) is 12.2 Å². The van der Waals surface area contributed by atoms with Crippen LogP contribution >= 0.6 is 0 Å². The van der Waals surface area contributed by atoms with Gasteiger partial charge in [-0.25, -0.2) is 9.97 Å². The first-order valence-electron chi connectivity index (χ1n) is 5.75. The van der Waals surface area contributed by atoms with Crippen molar-refractivity contribution in [3.05, 3.63) is 61.7 Å². The van der Waals surface area contributed by atoms with E-state index in [2.05, 4.69) is 33.1 Å². The summed E-state index contributed by atoms with van der Waals surface area (Å²) in [6.07, 6.45) is 12.4. The number of H-pyrrole nitrogens is 2. The van der Waals surface area contributed by atoms with E-state index in [4.69, 9.17) is 17.5 Å². The number of imidazole rings is 2. The third kappa shape index (κ3) is 14.0. The number of hydrogen-bond donors (Lipinski definition) is 4. The zero-order valence-electron chi connectivity index (χ0n) is 11.3. The highest BCUT2D eigenvalue weighted by Crippen LogP contribution is 1.88. The minimum absolute atomic E-state index is 0.826. The summed E-state index contributed by atoms with van der Waals surface area (Å²) in [4.78, 5) is 13.9. The molecule has 2 aromatic rings. The molecular formula is C12H18N4O4S. The van der Waals surface area contributed by atoms with Crippen molar-refractivity contribution < 1.29 is 17.5 Å². The zero-order chi connectivity index (χ0) is 16.1. The SMILES string of the molecule is C=CCc1ncc[nH]1.C=CCc1ncc[nH]1.O=S(=O)(O)O. The third-order valence-corrected chi connectivity index (χ3v) is 1.79. The van der Waals surface area contributed by atoms with E-state index < -0.39 is 10.4 Å². The van der Waals surface area contributed by atoms with E-state index in [0.717, 1.165) is 24.5 Å². The van der Waals surface area contributed by atoms with Crippen molar-refractivity contribution in [1.82, 2.24) is 19.9 Å². The quantitative estimate of drug-likeness (QED) is 0.501. The van der Waals surface area contributed by atoms with Gasteiger partial charge in [-0.2, -0.15) is 8.42 Å². The van der Waals surface area contributed by atoms with Gasteiger partial charge in [0.25, 0.3) is 0 Å². The molecule has 2 aromatic heterocycles. The van der Waals surface area contributed by atoms with Crippen molar-refractivity contribution in [2.75, 3.05) is 0 Å². The normalized spacial score (nSPS) is 9.62. The van der Waals surface area contributed by atoms with Crippen molar-refractivity contribution in [1.29, 1.82) is 0 Å². The van der Waals surface area contributed by atoms with Crippen molar-refractivity contribution in [2.45, 2.75) is 12.8 Å². The van der Waals surface area contributed by atoms with Gasteiger partial charge in [-0.15, -0.1) is 13.2 Å². The largest absolute Gasteiger partial charge is 0.394 e. The molecule has 21 heavy (non-hydrogen) atoms. The Kier molecular flexibility index (Phi) is 9.43. The maximum absolute atomic E-state index is 8.74. The first-order valence-corrected chi connectivity index (χ1v) is 7.14. The van der Waals surface area contributed by atoms with E-state index in [0.29, 0.717) is 0 Å². The van der Waals surface area contributed by atoms with Gasteiger partial charge in [0.15, 0.2) is 0 Å². The predicted octanol–water partition coefficient (Wildman–Crippen LogP) is 1.62. The van der Waals surface area contributed by atoms with Crippen LogP contribution in [0.3, 0.4) is 0 Å². The molecule has 0 bridgehead atoms. The summed E-state index contributed by atoms with van der Waals surface area (Å²) in [5.41, 5.74) is 0. The molecule has 0 saturated carbocycles. The highest BCUT2D eigenvalue weighted by Gasteiger charge is 1.86. The third-order valence-electron chi connectivity index (χ3n) is 1.79. The van der Waals surface area contributed by atoms with Gasteiger partial charge in [-0.3, -0.25) is 9.11 Å². The van der Waals surface area contributed by atoms with Gasteiger partial charge in [0.05, 0.1) is 0 Å². The summed E-state index contributed by atoms with van der Waals surface area (Å²) < 4.78 is 31.6. The van der Waals surface area contributed by atoms with Crippen LogP contribution in [0.2, 0.25) is 0 Å². The molecule has 4 N–H and O–H groups in total. The molecule has 0 aromatic carbocycles. The average Bonchev–Trinajstić information content (AvgIpc) is 3.01. The van der Waals surface area contributed by atoms with E-state index in [1.54, 1.807) is 24.8 Å². The Morgan fingerprint density at radius 1 is 1.00 bits per heavy atom. The van der Waals surface area contributed by atoms with E-state index in [1.165, 1.54) is 0 Å². The van der Waals surface area contributed by atoms with Crippen LogP contribution in [0.1, 0.15) is 11.6 Å². The summed E-state index contributed by atoms with van der Waals surface area (Å²) in [7, 11) is -4.67. The molecule has 0 aliphatic rings. The Morgan fingerprint density at radius 3 is 1.52 bits per heavy atom. The summed E-state index contributed by atoms with van der Waals surface area (Å²) in [6, 6.07) is 0. The predicted molar refractivity (Wildman–Crippen MR) is 79.2 cm³/mol. The van der Waals surface area contributed by atoms with Gasteiger partial charge in [0, 0.05) is 37.6 Å². The second-order valence-electron chi connectivity index (χ2n) is 3.51. The lowest BCUT2D eigenvalue weighted by atomic mass is 10.4. The molecule has 0 atom stereocenters. The van der Waals surface area contributed by atoms with Crippen LogP contribution in [0.25, 0.3) is 0 Å². The van der Waals surface area contributed by atoms with Crippen LogP contribution in [0.15, 0.2) is 50.1 Å². The van der Waals surface area contributed by atoms with Gasteiger partial charge in [-0.05, 0) is 0 Å². The molecule has 0 radical (unpaired) electrons. The number of allylic oxidation sites excluding steroid dienone is 2. The molecule has 2 heterocycles. The van der Waals surface area contributed by atoms with Crippen LogP contribution in [0, 0.1) is 0 Å². The minimum Gasteiger partial charge on any atom is -0.348 e. The molecule has 0 unspecified atom stereocenters. The molecular weight excluding hydrogens is 296 g/mol. The highest BCUT2D eigenvalue weighted by molar-refractivity contribution is 7.79. The maximum atomic E-state index is 8.74. The fourth-order valence-corrected chi connectivity index (χ4v) is 1.09. The van der Waals surface area contributed by atoms with Crippen molar-refractivity contribution in [3.8, 4) is 0 Å². The summed E-state index contributed by atoms with van der Waals surface area (Å²) in [5.74, 6) is 1.94. The van der Waals surface area contributed by atoms with E-state index >= 15 is 0 Å². The van der Waals surface area contributed by atoms with Gasteiger partial charge >= 0.3 is 10.4 Å². The van der Waals surface area contributed by atoms with Gasteiger partial charge in [-0.1, -0.05) is 12.2 Å². The second-order valence-corrected chi connectivity index (χ2v) is 4.40. The molecule has 8 nitrogen and oxygen atoms in total. The standard InChI is InChI=1S/2C6H8N2.H2O4S/c2*1-2-3-6-7-4-5-8-6;1-5(2,3)4/h2*2,4-5H,1,3H2,(H,7,8);(H2,1,2,3,4). The summed E-state index contributed by atoms with van der Waals surface area (Å²) in [6.45, 7) is 7.15. The Balaban J connectivity index is 0.000000296. The molecule has 0 amide bonds. The first-order chi connectivity index (χ1) is 9.86. The van der Waals surface area contributed by atoms with Crippen molar-refractivity contribution in [3.63, 3.8) is 0 Å². The number of rotatable bonds is 4. The van der Waals surface area contributed by atoms with E-state index in [9.17, 15) is 0 Å². The summed E-state index contributed by atoms with van der Waals surface area (Å²) in [5, 5.41) is 0. The van der Waals surface area contributed by atoms with Crippen molar-refractivity contribution in [2.24, 2.45) is 0 Å².